The summed E-state index contributed by atoms with van der Waals surface area (Å²) in [6.45, 7) is 3.80. The molecule has 0 aliphatic heterocycles. The van der Waals surface area contributed by atoms with Crippen molar-refractivity contribution in [3.05, 3.63) is 70.4 Å². The van der Waals surface area contributed by atoms with Crippen molar-refractivity contribution < 1.29 is 9.53 Å². The maximum Gasteiger partial charge on any atom is 0.256 e. The molecular formula is C19H18ClN3O2. The van der Waals surface area contributed by atoms with Crippen molar-refractivity contribution in [3.8, 4) is 11.4 Å². The number of carbonyl (C=O) groups is 1. The highest BCUT2D eigenvalue weighted by Crippen LogP contribution is 2.22. The van der Waals surface area contributed by atoms with Crippen LogP contribution < -0.4 is 10.1 Å². The molecule has 0 radical (unpaired) electrons. The van der Waals surface area contributed by atoms with Crippen LogP contribution in [0.25, 0.3) is 5.69 Å². The molecule has 0 fully saturated rings. The SMILES string of the molecule is COc1cc(C(=O)Nc2cc(C)nn2-c2cccc(Cl)c2)ccc1C. The molecule has 6 heteroatoms. The van der Waals surface area contributed by atoms with Crippen molar-refractivity contribution in [2.75, 3.05) is 12.4 Å². The van der Waals surface area contributed by atoms with Gasteiger partial charge in [0.2, 0.25) is 0 Å². The Kier molecular flexibility index (Phi) is 4.76. The lowest BCUT2D eigenvalue weighted by molar-refractivity contribution is 0.102. The molecule has 1 N–H and O–H groups in total. The van der Waals surface area contributed by atoms with Crippen molar-refractivity contribution in [2.45, 2.75) is 13.8 Å². The standard InChI is InChI=1S/C19H18ClN3O2/c1-12-7-8-14(10-17(12)25-3)19(24)21-18-9-13(2)22-23(18)16-6-4-5-15(20)11-16/h4-11H,1-3H3,(H,21,24). The van der Waals surface area contributed by atoms with Gasteiger partial charge in [-0.25, -0.2) is 4.68 Å². The Morgan fingerprint density at radius 2 is 1.96 bits per heavy atom. The van der Waals surface area contributed by atoms with E-state index < -0.39 is 0 Å². The summed E-state index contributed by atoms with van der Waals surface area (Å²) in [5, 5.41) is 7.94. The van der Waals surface area contributed by atoms with Crippen molar-refractivity contribution in [2.24, 2.45) is 0 Å². The largest absolute Gasteiger partial charge is 0.496 e. The Bertz CT molecular complexity index is 934. The minimum absolute atomic E-state index is 0.235. The van der Waals surface area contributed by atoms with Gasteiger partial charge in [-0.05, 0) is 49.7 Å². The molecule has 0 saturated heterocycles. The van der Waals surface area contributed by atoms with Gasteiger partial charge in [-0.2, -0.15) is 5.10 Å². The van der Waals surface area contributed by atoms with Crippen LogP contribution in [0.1, 0.15) is 21.6 Å². The van der Waals surface area contributed by atoms with E-state index in [2.05, 4.69) is 10.4 Å². The second-order valence-corrected chi connectivity index (χ2v) is 6.14. The van der Waals surface area contributed by atoms with Crippen LogP contribution >= 0.6 is 11.6 Å². The molecule has 3 rings (SSSR count). The lowest BCUT2D eigenvalue weighted by atomic mass is 10.1. The van der Waals surface area contributed by atoms with Crippen LogP contribution in [-0.2, 0) is 0 Å². The van der Waals surface area contributed by atoms with Gasteiger partial charge in [-0.15, -0.1) is 0 Å². The van der Waals surface area contributed by atoms with Gasteiger partial charge < -0.3 is 10.1 Å². The fourth-order valence-corrected chi connectivity index (χ4v) is 2.73. The van der Waals surface area contributed by atoms with E-state index in [1.165, 1.54) is 0 Å². The van der Waals surface area contributed by atoms with Gasteiger partial charge in [-0.3, -0.25) is 4.79 Å². The summed E-state index contributed by atoms with van der Waals surface area (Å²) < 4.78 is 6.94. The number of benzene rings is 2. The first-order chi connectivity index (χ1) is 12.0. The number of methoxy groups -OCH3 is 1. The van der Waals surface area contributed by atoms with Gasteiger partial charge in [0, 0.05) is 16.7 Å². The van der Waals surface area contributed by atoms with Gasteiger partial charge in [0.25, 0.3) is 5.91 Å². The van der Waals surface area contributed by atoms with Crippen LogP contribution in [0.2, 0.25) is 5.02 Å². The number of hydrogen-bond donors (Lipinski definition) is 1. The Labute approximate surface area is 151 Å². The third-order valence-corrected chi connectivity index (χ3v) is 4.03. The number of aromatic nitrogens is 2. The molecule has 0 aliphatic carbocycles. The van der Waals surface area contributed by atoms with Gasteiger partial charge in [0.05, 0.1) is 18.5 Å². The quantitative estimate of drug-likeness (QED) is 0.754. The predicted octanol–water partition coefficient (Wildman–Crippen LogP) is 4.40. The average Bonchev–Trinajstić information content (AvgIpc) is 2.95. The van der Waals surface area contributed by atoms with Crippen molar-refractivity contribution in [1.29, 1.82) is 0 Å². The zero-order valence-corrected chi connectivity index (χ0v) is 15.0. The lowest BCUT2D eigenvalue weighted by Crippen LogP contribution is -2.15. The van der Waals surface area contributed by atoms with Gasteiger partial charge in [0.1, 0.15) is 11.6 Å². The molecule has 0 saturated carbocycles. The Hall–Kier alpha value is -2.79. The molecule has 1 aromatic heterocycles. The monoisotopic (exact) mass is 355 g/mol. The fourth-order valence-electron chi connectivity index (χ4n) is 2.54. The van der Waals surface area contributed by atoms with E-state index in [4.69, 9.17) is 16.3 Å². The molecule has 5 nitrogen and oxygen atoms in total. The molecule has 0 bridgehead atoms. The van der Waals surface area contributed by atoms with Crippen LogP contribution in [0.4, 0.5) is 5.82 Å². The van der Waals surface area contributed by atoms with Crippen molar-refractivity contribution in [1.82, 2.24) is 9.78 Å². The number of ether oxygens (including phenoxy) is 1. The zero-order chi connectivity index (χ0) is 18.0. The van der Waals surface area contributed by atoms with Gasteiger partial charge >= 0.3 is 0 Å². The molecule has 128 valence electrons. The van der Waals surface area contributed by atoms with E-state index >= 15 is 0 Å². The minimum Gasteiger partial charge on any atom is -0.496 e. The number of aryl methyl sites for hydroxylation is 2. The summed E-state index contributed by atoms with van der Waals surface area (Å²) in [6, 6.07) is 14.4. The molecule has 2 aromatic carbocycles. The molecule has 0 spiro atoms. The lowest BCUT2D eigenvalue weighted by Gasteiger charge is -2.11. The minimum atomic E-state index is -0.235. The number of nitrogens with one attached hydrogen (secondary N) is 1. The molecule has 1 amide bonds. The van der Waals surface area contributed by atoms with Crippen molar-refractivity contribution >= 4 is 23.3 Å². The number of rotatable bonds is 4. The Balaban J connectivity index is 1.92. The van der Waals surface area contributed by atoms with E-state index in [1.54, 1.807) is 36.1 Å². The molecular weight excluding hydrogens is 338 g/mol. The van der Waals surface area contributed by atoms with Crippen molar-refractivity contribution in [3.63, 3.8) is 0 Å². The maximum absolute atomic E-state index is 12.6. The van der Waals surface area contributed by atoms with Crippen LogP contribution in [0.3, 0.4) is 0 Å². The highest BCUT2D eigenvalue weighted by atomic mass is 35.5. The molecule has 0 atom stereocenters. The second kappa shape index (κ2) is 6.99. The number of anilines is 1. The predicted molar refractivity (Wildman–Crippen MR) is 99.0 cm³/mol. The van der Waals surface area contributed by atoms with E-state index in [1.807, 2.05) is 38.1 Å². The summed E-state index contributed by atoms with van der Waals surface area (Å²) in [5.74, 6) is 1.01. The number of nitrogens with zero attached hydrogens (tertiary/aromatic N) is 2. The maximum atomic E-state index is 12.6. The van der Waals surface area contributed by atoms with Crippen LogP contribution in [0.5, 0.6) is 5.75 Å². The second-order valence-electron chi connectivity index (χ2n) is 5.70. The molecule has 3 aromatic rings. The molecule has 25 heavy (non-hydrogen) atoms. The molecule has 0 aliphatic rings. The highest BCUT2D eigenvalue weighted by molar-refractivity contribution is 6.30. The zero-order valence-electron chi connectivity index (χ0n) is 14.2. The van der Waals surface area contributed by atoms with E-state index in [9.17, 15) is 4.79 Å². The number of halogens is 1. The third kappa shape index (κ3) is 3.67. The van der Waals surface area contributed by atoms with Gasteiger partial charge in [-0.1, -0.05) is 23.7 Å². The number of carbonyl (C=O) groups excluding carboxylic acids is 1. The number of hydrogen-bond acceptors (Lipinski definition) is 3. The smallest absolute Gasteiger partial charge is 0.256 e. The molecule has 1 heterocycles. The van der Waals surface area contributed by atoms with Crippen LogP contribution in [0, 0.1) is 13.8 Å². The normalized spacial score (nSPS) is 10.6. The van der Waals surface area contributed by atoms with E-state index in [0.29, 0.717) is 22.2 Å². The first-order valence-corrected chi connectivity index (χ1v) is 8.14. The summed E-state index contributed by atoms with van der Waals surface area (Å²) in [5.41, 5.74) is 3.05. The summed E-state index contributed by atoms with van der Waals surface area (Å²) in [6.07, 6.45) is 0. The first-order valence-electron chi connectivity index (χ1n) is 7.76. The van der Waals surface area contributed by atoms with Crippen LogP contribution in [-0.4, -0.2) is 22.8 Å². The highest BCUT2D eigenvalue weighted by Gasteiger charge is 2.14. The van der Waals surface area contributed by atoms with Crippen LogP contribution in [0.15, 0.2) is 48.5 Å². The summed E-state index contributed by atoms with van der Waals surface area (Å²) >= 11 is 6.06. The Morgan fingerprint density at radius 1 is 1.16 bits per heavy atom. The fraction of sp³-hybridized carbons (Fsp3) is 0.158. The van der Waals surface area contributed by atoms with E-state index in [0.717, 1.165) is 16.9 Å². The third-order valence-electron chi connectivity index (χ3n) is 3.80. The first kappa shape index (κ1) is 17.0. The molecule has 0 unspecified atom stereocenters. The van der Waals surface area contributed by atoms with E-state index in [-0.39, 0.29) is 5.91 Å². The average molecular weight is 356 g/mol. The summed E-state index contributed by atoms with van der Waals surface area (Å²) in [4.78, 5) is 12.6. The van der Waals surface area contributed by atoms with Gasteiger partial charge in [0.15, 0.2) is 0 Å². The number of amides is 1. The summed E-state index contributed by atoms with van der Waals surface area (Å²) in [7, 11) is 1.58. The Morgan fingerprint density at radius 3 is 2.68 bits per heavy atom. The topological polar surface area (TPSA) is 56.1 Å².